The largest absolute Gasteiger partial charge is 0.491 e. The van der Waals surface area contributed by atoms with Gasteiger partial charge in [-0.15, -0.1) is 0 Å². The molecule has 2 aromatic rings. The average molecular weight is 289 g/mol. The Morgan fingerprint density at radius 2 is 1.95 bits per heavy atom. The Labute approximate surface area is 125 Å². The molecular formula is C17H23NO3. The van der Waals surface area contributed by atoms with Crippen molar-refractivity contribution in [2.45, 2.75) is 32.9 Å². The van der Waals surface area contributed by atoms with Gasteiger partial charge >= 0.3 is 0 Å². The zero-order chi connectivity index (χ0) is 15.2. The number of rotatable bonds is 7. The van der Waals surface area contributed by atoms with Crippen molar-refractivity contribution in [2.75, 3.05) is 13.2 Å². The van der Waals surface area contributed by atoms with Crippen molar-refractivity contribution in [3.63, 3.8) is 0 Å². The van der Waals surface area contributed by atoms with E-state index >= 15 is 0 Å². The van der Waals surface area contributed by atoms with Crippen LogP contribution >= 0.6 is 0 Å². The van der Waals surface area contributed by atoms with Gasteiger partial charge in [0.2, 0.25) is 0 Å². The number of aliphatic hydroxyl groups excluding tert-OH is 1. The smallest absolute Gasteiger partial charge is 0.119 e. The first-order valence-electron chi connectivity index (χ1n) is 7.22. The Balaban J connectivity index is 1.76. The minimum atomic E-state index is -0.555. The predicted octanol–water partition coefficient (Wildman–Crippen LogP) is 2.99. The van der Waals surface area contributed by atoms with Crippen LogP contribution in [0.15, 0.2) is 40.8 Å². The summed E-state index contributed by atoms with van der Waals surface area (Å²) in [5.74, 6) is 2.59. The second-order valence-electron chi connectivity index (χ2n) is 5.28. The van der Waals surface area contributed by atoms with Crippen LogP contribution in [-0.4, -0.2) is 24.4 Å². The lowest BCUT2D eigenvalue weighted by atomic mass is 10.1. The molecule has 1 aromatic heterocycles. The average Bonchev–Trinajstić information content (AvgIpc) is 2.82. The Kier molecular flexibility index (Phi) is 5.42. The van der Waals surface area contributed by atoms with E-state index in [-0.39, 0.29) is 12.6 Å². The summed E-state index contributed by atoms with van der Waals surface area (Å²) in [5.41, 5.74) is 1.13. The van der Waals surface area contributed by atoms with Gasteiger partial charge < -0.3 is 19.6 Å². The van der Waals surface area contributed by atoms with Crippen molar-refractivity contribution in [2.24, 2.45) is 0 Å². The molecule has 2 N–H and O–H groups in total. The van der Waals surface area contributed by atoms with Crippen LogP contribution in [0.25, 0.3) is 0 Å². The SMILES string of the molecule is Cc1cc(C(C)NCC(O)COc2ccccc2)c(C)o1. The van der Waals surface area contributed by atoms with Gasteiger partial charge in [-0.25, -0.2) is 0 Å². The van der Waals surface area contributed by atoms with Gasteiger partial charge in [0.15, 0.2) is 0 Å². The lowest BCUT2D eigenvalue weighted by Crippen LogP contribution is -2.33. The molecule has 2 rings (SSSR count). The van der Waals surface area contributed by atoms with Gasteiger partial charge in [-0.05, 0) is 39.0 Å². The molecule has 21 heavy (non-hydrogen) atoms. The van der Waals surface area contributed by atoms with Crippen LogP contribution in [0.5, 0.6) is 5.75 Å². The predicted molar refractivity (Wildman–Crippen MR) is 82.5 cm³/mol. The third-order valence-electron chi connectivity index (χ3n) is 3.39. The summed E-state index contributed by atoms with van der Waals surface area (Å²) in [6.07, 6.45) is -0.555. The molecule has 0 fully saturated rings. The first-order valence-corrected chi connectivity index (χ1v) is 7.22. The molecule has 4 nitrogen and oxygen atoms in total. The van der Waals surface area contributed by atoms with Gasteiger partial charge in [0.25, 0.3) is 0 Å². The summed E-state index contributed by atoms with van der Waals surface area (Å²) in [4.78, 5) is 0. The molecule has 0 saturated carbocycles. The summed E-state index contributed by atoms with van der Waals surface area (Å²) in [6, 6.07) is 11.7. The molecule has 2 unspecified atom stereocenters. The Hall–Kier alpha value is -1.78. The normalized spacial score (nSPS) is 13.9. The van der Waals surface area contributed by atoms with Crippen LogP contribution in [0, 0.1) is 13.8 Å². The molecule has 0 amide bonds. The number of nitrogens with one attached hydrogen (secondary N) is 1. The highest BCUT2D eigenvalue weighted by Crippen LogP contribution is 2.21. The monoisotopic (exact) mass is 289 g/mol. The number of hydrogen-bond acceptors (Lipinski definition) is 4. The number of benzene rings is 1. The molecule has 4 heteroatoms. The summed E-state index contributed by atoms with van der Waals surface area (Å²) < 4.78 is 11.0. The molecule has 114 valence electrons. The van der Waals surface area contributed by atoms with E-state index in [2.05, 4.69) is 12.2 Å². The van der Waals surface area contributed by atoms with Crippen molar-refractivity contribution in [3.8, 4) is 5.75 Å². The number of furan rings is 1. The zero-order valence-electron chi connectivity index (χ0n) is 12.8. The van der Waals surface area contributed by atoms with Gasteiger partial charge in [-0.3, -0.25) is 0 Å². The second kappa shape index (κ2) is 7.29. The van der Waals surface area contributed by atoms with Gasteiger partial charge in [-0.1, -0.05) is 18.2 Å². The number of para-hydroxylation sites is 1. The molecule has 1 aromatic carbocycles. The van der Waals surface area contributed by atoms with Crippen molar-refractivity contribution in [1.82, 2.24) is 5.32 Å². The Morgan fingerprint density at radius 3 is 2.57 bits per heavy atom. The summed E-state index contributed by atoms with van der Waals surface area (Å²) in [7, 11) is 0. The lowest BCUT2D eigenvalue weighted by molar-refractivity contribution is 0.104. The number of aliphatic hydroxyl groups is 1. The van der Waals surface area contributed by atoms with E-state index in [9.17, 15) is 5.11 Å². The molecule has 2 atom stereocenters. The minimum Gasteiger partial charge on any atom is -0.491 e. The van der Waals surface area contributed by atoms with E-state index in [1.165, 1.54) is 0 Å². The van der Waals surface area contributed by atoms with Gasteiger partial charge in [0, 0.05) is 18.2 Å². The van der Waals surface area contributed by atoms with Crippen LogP contribution in [0.3, 0.4) is 0 Å². The van der Waals surface area contributed by atoms with Crippen molar-refractivity contribution >= 4 is 0 Å². The number of ether oxygens (including phenoxy) is 1. The maximum atomic E-state index is 9.97. The van der Waals surface area contributed by atoms with Crippen molar-refractivity contribution < 1.29 is 14.3 Å². The van der Waals surface area contributed by atoms with Crippen LogP contribution in [0.4, 0.5) is 0 Å². The number of hydrogen-bond donors (Lipinski definition) is 2. The number of aryl methyl sites for hydroxylation is 2. The first-order chi connectivity index (χ1) is 10.1. The van der Waals surface area contributed by atoms with Gasteiger partial charge in [-0.2, -0.15) is 0 Å². The quantitative estimate of drug-likeness (QED) is 0.823. The molecular weight excluding hydrogens is 266 g/mol. The fourth-order valence-corrected chi connectivity index (χ4v) is 2.27. The highest BCUT2D eigenvalue weighted by atomic mass is 16.5. The molecule has 0 saturated heterocycles. The molecule has 0 radical (unpaired) electrons. The molecule has 0 aliphatic heterocycles. The van der Waals surface area contributed by atoms with E-state index in [1.54, 1.807) is 0 Å². The van der Waals surface area contributed by atoms with E-state index in [1.807, 2.05) is 50.2 Å². The highest BCUT2D eigenvalue weighted by molar-refractivity contribution is 5.23. The maximum absolute atomic E-state index is 9.97. The van der Waals surface area contributed by atoms with Gasteiger partial charge in [0.05, 0.1) is 0 Å². The third kappa shape index (κ3) is 4.62. The molecule has 0 aliphatic carbocycles. The van der Waals surface area contributed by atoms with E-state index in [4.69, 9.17) is 9.15 Å². The lowest BCUT2D eigenvalue weighted by Gasteiger charge is -2.17. The van der Waals surface area contributed by atoms with Crippen molar-refractivity contribution in [3.05, 3.63) is 53.5 Å². The van der Waals surface area contributed by atoms with Crippen LogP contribution in [-0.2, 0) is 0 Å². The fraction of sp³-hybridized carbons (Fsp3) is 0.412. The summed E-state index contributed by atoms with van der Waals surface area (Å²) in [6.45, 7) is 6.69. The highest BCUT2D eigenvalue weighted by Gasteiger charge is 2.14. The standard InChI is InChI=1S/C17H23NO3/c1-12-9-17(14(3)21-12)13(2)18-10-15(19)11-20-16-7-5-4-6-8-16/h4-9,13,15,18-19H,10-11H2,1-3H3. The third-order valence-corrected chi connectivity index (χ3v) is 3.39. The molecule has 0 bridgehead atoms. The molecule has 1 heterocycles. The summed E-state index contributed by atoms with van der Waals surface area (Å²) >= 11 is 0. The van der Waals surface area contributed by atoms with Gasteiger partial charge in [0.1, 0.15) is 30.0 Å². The van der Waals surface area contributed by atoms with E-state index in [0.717, 1.165) is 22.8 Å². The first kappa shape index (κ1) is 15.6. The Morgan fingerprint density at radius 1 is 1.24 bits per heavy atom. The summed E-state index contributed by atoms with van der Waals surface area (Å²) in [5, 5.41) is 13.3. The minimum absolute atomic E-state index is 0.133. The van der Waals surface area contributed by atoms with Crippen LogP contribution in [0.2, 0.25) is 0 Å². The second-order valence-corrected chi connectivity index (χ2v) is 5.28. The van der Waals surface area contributed by atoms with Crippen LogP contribution in [0.1, 0.15) is 30.0 Å². The van der Waals surface area contributed by atoms with Crippen LogP contribution < -0.4 is 10.1 Å². The molecule has 0 spiro atoms. The Bertz CT molecular complexity index is 550. The molecule has 0 aliphatic rings. The maximum Gasteiger partial charge on any atom is 0.119 e. The van der Waals surface area contributed by atoms with E-state index in [0.29, 0.717) is 6.54 Å². The fourth-order valence-electron chi connectivity index (χ4n) is 2.27. The van der Waals surface area contributed by atoms with E-state index < -0.39 is 6.10 Å². The van der Waals surface area contributed by atoms with Crippen molar-refractivity contribution in [1.29, 1.82) is 0 Å². The topological polar surface area (TPSA) is 54.6 Å². The zero-order valence-corrected chi connectivity index (χ0v) is 12.8.